The SMILES string of the molecule is COC(=O)C[C@@H](N)c1c(O)cc(C)c(Br)c1C. The van der Waals surface area contributed by atoms with E-state index in [-0.39, 0.29) is 12.2 Å². The molecule has 1 atom stereocenters. The van der Waals surface area contributed by atoms with Gasteiger partial charge in [-0.25, -0.2) is 0 Å². The Morgan fingerprint density at radius 2 is 2.18 bits per heavy atom. The van der Waals surface area contributed by atoms with Gasteiger partial charge in [-0.3, -0.25) is 4.79 Å². The van der Waals surface area contributed by atoms with Crippen LogP contribution < -0.4 is 5.73 Å². The second-order valence-electron chi connectivity index (χ2n) is 3.95. The van der Waals surface area contributed by atoms with Crippen LogP contribution in [0.1, 0.15) is 29.2 Å². The van der Waals surface area contributed by atoms with Crippen molar-refractivity contribution in [3.63, 3.8) is 0 Å². The highest BCUT2D eigenvalue weighted by molar-refractivity contribution is 9.10. The molecule has 0 fully saturated rings. The smallest absolute Gasteiger partial charge is 0.307 e. The van der Waals surface area contributed by atoms with Crippen molar-refractivity contribution >= 4 is 21.9 Å². The van der Waals surface area contributed by atoms with Gasteiger partial charge in [-0.1, -0.05) is 15.9 Å². The summed E-state index contributed by atoms with van der Waals surface area (Å²) in [6.07, 6.45) is 0.0421. The zero-order chi connectivity index (χ0) is 13.2. The summed E-state index contributed by atoms with van der Waals surface area (Å²) in [7, 11) is 1.31. The molecule has 0 aromatic heterocycles. The van der Waals surface area contributed by atoms with Gasteiger partial charge in [0.1, 0.15) is 5.75 Å². The third-order valence-corrected chi connectivity index (χ3v) is 3.91. The van der Waals surface area contributed by atoms with Crippen LogP contribution in [0.5, 0.6) is 5.75 Å². The number of ether oxygens (including phenoxy) is 1. The third kappa shape index (κ3) is 2.98. The fourth-order valence-electron chi connectivity index (χ4n) is 1.79. The van der Waals surface area contributed by atoms with Crippen LogP contribution in [0.25, 0.3) is 0 Å². The lowest BCUT2D eigenvalue weighted by Crippen LogP contribution is -2.17. The summed E-state index contributed by atoms with van der Waals surface area (Å²) in [6, 6.07) is 1.06. The summed E-state index contributed by atoms with van der Waals surface area (Å²) in [6.45, 7) is 3.73. The topological polar surface area (TPSA) is 72.5 Å². The van der Waals surface area contributed by atoms with Gasteiger partial charge in [0, 0.05) is 16.1 Å². The number of carbonyl (C=O) groups excluding carboxylic acids is 1. The Morgan fingerprint density at radius 1 is 1.59 bits per heavy atom. The van der Waals surface area contributed by atoms with Crippen LogP contribution in [0, 0.1) is 13.8 Å². The Morgan fingerprint density at radius 3 is 2.71 bits per heavy atom. The Balaban J connectivity index is 3.13. The highest BCUT2D eigenvalue weighted by Gasteiger charge is 2.20. The average molecular weight is 302 g/mol. The number of phenols is 1. The fraction of sp³-hybridized carbons (Fsp3) is 0.417. The fourth-order valence-corrected chi connectivity index (χ4v) is 2.11. The molecule has 1 aromatic rings. The van der Waals surface area contributed by atoms with E-state index in [0.29, 0.717) is 5.56 Å². The van der Waals surface area contributed by atoms with Crippen molar-refractivity contribution in [1.82, 2.24) is 0 Å². The molecule has 0 unspecified atom stereocenters. The first-order valence-corrected chi connectivity index (χ1v) is 5.98. The number of esters is 1. The molecule has 1 rings (SSSR count). The molecular formula is C12H16BrNO3. The molecule has 94 valence electrons. The number of carbonyl (C=O) groups is 1. The molecule has 0 bridgehead atoms. The number of aromatic hydroxyl groups is 1. The Bertz CT molecular complexity index is 446. The molecule has 3 N–H and O–H groups in total. The number of nitrogens with two attached hydrogens (primary N) is 1. The van der Waals surface area contributed by atoms with E-state index in [1.807, 2.05) is 13.8 Å². The Hall–Kier alpha value is -1.07. The van der Waals surface area contributed by atoms with E-state index in [0.717, 1.165) is 15.6 Å². The molecule has 0 amide bonds. The van der Waals surface area contributed by atoms with Gasteiger partial charge < -0.3 is 15.6 Å². The number of hydrogen-bond donors (Lipinski definition) is 2. The molecule has 0 radical (unpaired) electrons. The van der Waals surface area contributed by atoms with Crippen molar-refractivity contribution in [2.45, 2.75) is 26.3 Å². The molecule has 0 aliphatic carbocycles. The summed E-state index contributed by atoms with van der Waals surface area (Å²) < 4.78 is 5.46. The Labute approximate surface area is 109 Å². The minimum atomic E-state index is -0.570. The van der Waals surface area contributed by atoms with Crippen LogP contribution in [0.3, 0.4) is 0 Å². The van der Waals surface area contributed by atoms with Crippen molar-refractivity contribution in [2.24, 2.45) is 5.73 Å². The minimum absolute atomic E-state index is 0.0421. The molecule has 0 saturated carbocycles. The van der Waals surface area contributed by atoms with Crippen molar-refractivity contribution in [3.8, 4) is 5.75 Å². The van der Waals surface area contributed by atoms with Crippen LogP contribution in [0.15, 0.2) is 10.5 Å². The minimum Gasteiger partial charge on any atom is -0.508 e. The van der Waals surface area contributed by atoms with Gasteiger partial charge in [0.05, 0.1) is 13.5 Å². The molecule has 4 nitrogen and oxygen atoms in total. The van der Waals surface area contributed by atoms with E-state index < -0.39 is 12.0 Å². The number of aryl methyl sites for hydroxylation is 1. The molecule has 0 saturated heterocycles. The van der Waals surface area contributed by atoms with E-state index in [4.69, 9.17) is 5.73 Å². The maximum atomic E-state index is 11.2. The number of benzene rings is 1. The summed E-state index contributed by atoms with van der Waals surface area (Å²) in [5, 5.41) is 9.90. The first kappa shape index (κ1) is 14.0. The first-order valence-electron chi connectivity index (χ1n) is 5.19. The van der Waals surface area contributed by atoms with Crippen LogP contribution in [-0.2, 0) is 9.53 Å². The van der Waals surface area contributed by atoms with Crippen molar-refractivity contribution in [2.75, 3.05) is 7.11 Å². The van der Waals surface area contributed by atoms with E-state index in [2.05, 4.69) is 20.7 Å². The molecule has 0 spiro atoms. The molecule has 0 aliphatic heterocycles. The molecule has 17 heavy (non-hydrogen) atoms. The second-order valence-corrected chi connectivity index (χ2v) is 4.74. The van der Waals surface area contributed by atoms with Gasteiger partial charge in [0.2, 0.25) is 0 Å². The lowest BCUT2D eigenvalue weighted by molar-refractivity contribution is -0.141. The number of halogens is 1. The summed E-state index contributed by atoms with van der Waals surface area (Å²) in [5.41, 5.74) is 8.26. The van der Waals surface area contributed by atoms with Gasteiger partial charge in [0.15, 0.2) is 0 Å². The molecular weight excluding hydrogens is 286 g/mol. The van der Waals surface area contributed by atoms with Gasteiger partial charge >= 0.3 is 5.97 Å². The predicted molar refractivity (Wildman–Crippen MR) is 68.8 cm³/mol. The maximum Gasteiger partial charge on any atom is 0.307 e. The van der Waals surface area contributed by atoms with E-state index in [1.165, 1.54) is 7.11 Å². The van der Waals surface area contributed by atoms with Crippen LogP contribution in [-0.4, -0.2) is 18.2 Å². The van der Waals surface area contributed by atoms with Crippen LogP contribution in [0.4, 0.5) is 0 Å². The monoisotopic (exact) mass is 301 g/mol. The van der Waals surface area contributed by atoms with E-state index in [9.17, 15) is 9.90 Å². The third-order valence-electron chi connectivity index (χ3n) is 2.69. The highest BCUT2D eigenvalue weighted by atomic mass is 79.9. The highest BCUT2D eigenvalue weighted by Crippen LogP contribution is 2.35. The van der Waals surface area contributed by atoms with Gasteiger partial charge in [0.25, 0.3) is 0 Å². The lowest BCUT2D eigenvalue weighted by atomic mass is 9.96. The maximum absolute atomic E-state index is 11.2. The zero-order valence-electron chi connectivity index (χ0n) is 10.1. The number of phenolic OH excluding ortho intramolecular Hbond substituents is 1. The van der Waals surface area contributed by atoms with Crippen LogP contribution >= 0.6 is 15.9 Å². The van der Waals surface area contributed by atoms with Crippen molar-refractivity contribution < 1.29 is 14.6 Å². The summed E-state index contributed by atoms with van der Waals surface area (Å²) in [4.78, 5) is 11.2. The van der Waals surface area contributed by atoms with Crippen LogP contribution in [0.2, 0.25) is 0 Å². The predicted octanol–water partition coefficient (Wildman–Crippen LogP) is 2.33. The second kappa shape index (κ2) is 5.51. The van der Waals surface area contributed by atoms with Gasteiger partial charge in [-0.15, -0.1) is 0 Å². The molecule has 0 heterocycles. The summed E-state index contributed by atoms with van der Waals surface area (Å²) in [5.74, 6) is -0.285. The quantitative estimate of drug-likeness (QED) is 0.841. The lowest BCUT2D eigenvalue weighted by Gasteiger charge is -2.17. The Kier molecular flexibility index (Phi) is 4.54. The van der Waals surface area contributed by atoms with Crippen molar-refractivity contribution in [3.05, 3.63) is 27.2 Å². The van der Waals surface area contributed by atoms with Gasteiger partial charge in [-0.05, 0) is 31.0 Å². The van der Waals surface area contributed by atoms with E-state index in [1.54, 1.807) is 6.07 Å². The first-order chi connectivity index (χ1) is 7.88. The normalized spacial score (nSPS) is 12.3. The standard InChI is InChI=1S/C12H16BrNO3/c1-6-4-9(15)11(7(2)12(6)13)8(14)5-10(16)17-3/h4,8,15H,5,14H2,1-3H3/t8-/m1/s1. The van der Waals surface area contributed by atoms with Crippen molar-refractivity contribution in [1.29, 1.82) is 0 Å². The average Bonchev–Trinajstić information content (AvgIpc) is 2.25. The number of rotatable bonds is 3. The summed E-state index contributed by atoms with van der Waals surface area (Å²) >= 11 is 3.43. The molecule has 5 heteroatoms. The number of methoxy groups -OCH3 is 1. The molecule has 1 aromatic carbocycles. The zero-order valence-corrected chi connectivity index (χ0v) is 11.7. The number of hydrogen-bond acceptors (Lipinski definition) is 4. The molecule has 0 aliphatic rings. The van der Waals surface area contributed by atoms with Gasteiger partial charge in [-0.2, -0.15) is 0 Å². The van der Waals surface area contributed by atoms with E-state index >= 15 is 0 Å². The largest absolute Gasteiger partial charge is 0.508 e.